The highest BCUT2D eigenvalue weighted by Gasteiger charge is 2.27. The molecule has 0 saturated heterocycles. The maximum Gasteiger partial charge on any atom is 0.341 e. The van der Waals surface area contributed by atoms with Gasteiger partial charge in [-0.2, -0.15) is 0 Å². The molecule has 0 unspecified atom stereocenters. The molecule has 1 N–H and O–H groups in total. The summed E-state index contributed by atoms with van der Waals surface area (Å²) in [6, 6.07) is 14.9. The molecule has 0 fully saturated rings. The first-order chi connectivity index (χ1) is 14.1. The first-order valence-corrected chi connectivity index (χ1v) is 9.56. The molecule has 2 heterocycles. The standard InChI is InChI=1S/C23H22N2O4/c1-3-29-23(27)19-14-25(22(26)15-8-10-16(28-2)11-9-15)13-12-18-17-6-4-5-7-20(17)24-21(18)19/h4-11,14,24H,3,12-13H2,1-2H3. The van der Waals surface area contributed by atoms with Gasteiger partial charge in [0, 0.05) is 29.2 Å². The Morgan fingerprint density at radius 2 is 1.86 bits per heavy atom. The van der Waals surface area contributed by atoms with Crippen molar-refractivity contribution in [1.82, 2.24) is 9.88 Å². The predicted molar refractivity (Wildman–Crippen MR) is 111 cm³/mol. The minimum Gasteiger partial charge on any atom is -0.497 e. The predicted octanol–water partition coefficient (Wildman–Crippen LogP) is 3.78. The highest BCUT2D eigenvalue weighted by Crippen LogP contribution is 2.31. The zero-order chi connectivity index (χ0) is 20.4. The molecule has 0 radical (unpaired) electrons. The van der Waals surface area contributed by atoms with Crippen LogP contribution in [0.2, 0.25) is 0 Å². The average molecular weight is 390 g/mol. The number of amides is 1. The summed E-state index contributed by atoms with van der Waals surface area (Å²) in [5, 5.41) is 1.05. The molecule has 0 aliphatic carbocycles. The molecule has 6 nitrogen and oxygen atoms in total. The number of carbonyl (C=O) groups is 2. The van der Waals surface area contributed by atoms with Gasteiger partial charge in [-0.15, -0.1) is 0 Å². The molecular formula is C23H22N2O4. The number of hydrogen-bond donors (Lipinski definition) is 1. The van der Waals surface area contributed by atoms with E-state index in [2.05, 4.69) is 4.98 Å². The maximum atomic E-state index is 13.1. The van der Waals surface area contributed by atoms with Gasteiger partial charge in [-0.25, -0.2) is 4.79 Å². The summed E-state index contributed by atoms with van der Waals surface area (Å²) in [5.41, 5.74) is 3.58. The number of hydrogen-bond acceptors (Lipinski definition) is 4. The Morgan fingerprint density at radius 3 is 2.59 bits per heavy atom. The van der Waals surface area contributed by atoms with Gasteiger partial charge >= 0.3 is 5.97 Å². The minimum absolute atomic E-state index is 0.177. The molecule has 0 atom stereocenters. The van der Waals surface area contributed by atoms with Crippen molar-refractivity contribution in [3.63, 3.8) is 0 Å². The van der Waals surface area contributed by atoms with Crippen molar-refractivity contribution in [1.29, 1.82) is 0 Å². The second kappa shape index (κ2) is 7.83. The molecule has 148 valence electrons. The molecule has 1 aliphatic heterocycles. The van der Waals surface area contributed by atoms with E-state index >= 15 is 0 Å². The fourth-order valence-corrected chi connectivity index (χ4v) is 3.63. The molecule has 4 rings (SSSR count). The summed E-state index contributed by atoms with van der Waals surface area (Å²) < 4.78 is 10.4. The van der Waals surface area contributed by atoms with Crippen molar-refractivity contribution < 1.29 is 19.1 Å². The summed E-state index contributed by atoms with van der Waals surface area (Å²) in [6.45, 7) is 2.49. The lowest BCUT2D eigenvalue weighted by molar-refractivity contribution is -0.136. The largest absolute Gasteiger partial charge is 0.497 e. The number of fused-ring (bicyclic) bond motifs is 3. The van der Waals surface area contributed by atoms with E-state index in [9.17, 15) is 9.59 Å². The van der Waals surface area contributed by atoms with Crippen LogP contribution in [0.25, 0.3) is 16.5 Å². The smallest absolute Gasteiger partial charge is 0.341 e. The van der Waals surface area contributed by atoms with Crippen molar-refractivity contribution in [2.75, 3.05) is 20.3 Å². The summed E-state index contributed by atoms with van der Waals surface area (Å²) in [6.07, 6.45) is 2.23. The third-order valence-corrected chi connectivity index (χ3v) is 5.06. The molecule has 2 aromatic carbocycles. The molecule has 6 heteroatoms. The fourth-order valence-electron chi connectivity index (χ4n) is 3.63. The second-order valence-electron chi connectivity index (χ2n) is 6.76. The Balaban J connectivity index is 1.76. The molecular weight excluding hydrogens is 368 g/mol. The van der Waals surface area contributed by atoms with E-state index in [1.54, 1.807) is 49.4 Å². The van der Waals surface area contributed by atoms with Gasteiger partial charge in [0.25, 0.3) is 5.91 Å². The number of para-hydroxylation sites is 1. The zero-order valence-electron chi connectivity index (χ0n) is 16.4. The SMILES string of the molecule is CCOC(=O)C1=CN(C(=O)c2ccc(OC)cc2)CCc2c1[nH]c1ccccc21. The highest BCUT2D eigenvalue weighted by atomic mass is 16.5. The fraction of sp³-hybridized carbons (Fsp3) is 0.217. The van der Waals surface area contributed by atoms with Crippen LogP contribution in [-0.2, 0) is 16.0 Å². The van der Waals surface area contributed by atoms with Crippen LogP contribution in [0, 0.1) is 0 Å². The molecule has 0 spiro atoms. The van der Waals surface area contributed by atoms with Gasteiger partial charge in [-0.05, 0) is 49.2 Å². The topological polar surface area (TPSA) is 71.6 Å². The number of benzene rings is 2. The Bertz CT molecular complexity index is 1100. The Labute approximate surface area is 168 Å². The van der Waals surface area contributed by atoms with E-state index in [4.69, 9.17) is 9.47 Å². The number of carbonyl (C=O) groups excluding carboxylic acids is 2. The van der Waals surface area contributed by atoms with Crippen LogP contribution in [0.5, 0.6) is 5.75 Å². The number of esters is 1. The van der Waals surface area contributed by atoms with Gasteiger partial charge in [0.15, 0.2) is 0 Å². The number of nitrogens with zero attached hydrogens (tertiary/aromatic N) is 1. The van der Waals surface area contributed by atoms with Crippen LogP contribution in [0.15, 0.2) is 54.7 Å². The van der Waals surface area contributed by atoms with E-state index in [1.807, 2.05) is 24.3 Å². The van der Waals surface area contributed by atoms with Crippen LogP contribution >= 0.6 is 0 Å². The number of rotatable bonds is 4. The molecule has 0 bridgehead atoms. The molecule has 29 heavy (non-hydrogen) atoms. The number of aromatic amines is 1. The highest BCUT2D eigenvalue weighted by molar-refractivity contribution is 6.18. The van der Waals surface area contributed by atoms with Crippen molar-refractivity contribution in [2.45, 2.75) is 13.3 Å². The quantitative estimate of drug-likeness (QED) is 0.688. The first kappa shape index (κ1) is 18.8. The van der Waals surface area contributed by atoms with E-state index in [0.29, 0.717) is 29.9 Å². The van der Waals surface area contributed by atoms with Crippen LogP contribution in [0.1, 0.15) is 28.5 Å². The second-order valence-corrected chi connectivity index (χ2v) is 6.76. The normalized spacial score (nSPS) is 13.4. The van der Waals surface area contributed by atoms with Crippen LogP contribution < -0.4 is 4.74 Å². The van der Waals surface area contributed by atoms with E-state index in [1.165, 1.54) is 0 Å². The summed E-state index contributed by atoms with van der Waals surface area (Å²) in [7, 11) is 1.58. The molecule has 3 aromatic rings. The number of nitrogens with one attached hydrogen (secondary N) is 1. The van der Waals surface area contributed by atoms with Gasteiger partial charge in [0.05, 0.1) is 25.0 Å². The number of methoxy groups -OCH3 is 1. The summed E-state index contributed by atoms with van der Waals surface area (Å²) in [5.74, 6) is 0.0558. The van der Waals surface area contributed by atoms with Gasteiger partial charge in [-0.3, -0.25) is 4.79 Å². The van der Waals surface area contributed by atoms with Gasteiger partial charge in [0.1, 0.15) is 5.75 Å². The molecule has 1 aromatic heterocycles. The first-order valence-electron chi connectivity index (χ1n) is 9.56. The number of ether oxygens (including phenoxy) is 2. The van der Waals surface area contributed by atoms with Gasteiger partial charge in [0.2, 0.25) is 0 Å². The summed E-state index contributed by atoms with van der Waals surface area (Å²) >= 11 is 0. The Kier molecular flexibility index (Phi) is 5.08. The van der Waals surface area contributed by atoms with Crippen molar-refractivity contribution in [3.05, 3.63) is 71.6 Å². The minimum atomic E-state index is -0.449. The van der Waals surface area contributed by atoms with E-state index in [0.717, 1.165) is 22.2 Å². The third-order valence-electron chi connectivity index (χ3n) is 5.06. The van der Waals surface area contributed by atoms with Crippen LogP contribution in [0.4, 0.5) is 0 Å². The van der Waals surface area contributed by atoms with E-state index < -0.39 is 5.97 Å². The molecule has 0 saturated carbocycles. The van der Waals surface area contributed by atoms with Crippen molar-refractivity contribution >= 4 is 28.4 Å². The summed E-state index contributed by atoms with van der Waals surface area (Å²) in [4.78, 5) is 30.7. The lowest BCUT2D eigenvalue weighted by Crippen LogP contribution is -2.28. The van der Waals surface area contributed by atoms with E-state index in [-0.39, 0.29) is 12.5 Å². The van der Waals surface area contributed by atoms with Crippen molar-refractivity contribution in [3.8, 4) is 5.75 Å². The molecule has 1 amide bonds. The average Bonchev–Trinajstić information content (AvgIpc) is 3.01. The van der Waals surface area contributed by atoms with Crippen LogP contribution in [0.3, 0.4) is 0 Å². The zero-order valence-corrected chi connectivity index (χ0v) is 16.4. The monoisotopic (exact) mass is 390 g/mol. The Morgan fingerprint density at radius 1 is 1.10 bits per heavy atom. The van der Waals surface area contributed by atoms with Gasteiger partial charge < -0.3 is 19.4 Å². The number of H-pyrrole nitrogens is 1. The van der Waals surface area contributed by atoms with Crippen molar-refractivity contribution in [2.24, 2.45) is 0 Å². The third kappa shape index (κ3) is 3.49. The maximum absolute atomic E-state index is 13.1. The Hall–Kier alpha value is -3.54. The lowest BCUT2D eigenvalue weighted by Gasteiger charge is -2.18. The molecule has 1 aliphatic rings. The number of aromatic nitrogens is 1. The van der Waals surface area contributed by atoms with Crippen LogP contribution in [-0.4, -0.2) is 42.0 Å². The van der Waals surface area contributed by atoms with Gasteiger partial charge in [-0.1, -0.05) is 18.2 Å². The lowest BCUT2D eigenvalue weighted by atomic mass is 10.0.